The van der Waals surface area contributed by atoms with Crippen LogP contribution in [-0.2, 0) is 0 Å². The second kappa shape index (κ2) is 7.08. The van der Waals surface area contributed by atoms with E-state index in [2.05, 4.69) is 31.0 Å². The molecule has 1 aliphatic heterocycles. The molecule has 0 amide bonds. The van der Waals surface area contributed by atoms with E-state index < -0.39 is 0 Å². The maximum Gasteiger partial charge on any atom is 0.0124 e. The normalized spacial score (nSPS) is 31.1. The molecule has 112 valence electrons. The van der Waals surface area contributed by atoms with E-state index in [0.29, 0.717) is 5.41 Å². The molecule has 0 aromatic carbocycles. The lowest BCUT2D eigenvalue weighted by molar-refractivity contribution is 0.0609. The highest BCUT2D eigenvalue weighted by Crippen LogP contribution is 2.38. The van der Waals surface area contributed by atoms with Crippen LogP contribution in [-0.4, -0.2) is 37.1 Å². The van der Waals surface area contributed by atoms with Crippen molar-refractivity contribution in [1.29, 1.82) is 0 Å². The van der Waals surface area contributed by atoms with Crippen LogP contribution < -0.4 is 5.32 Å². The number of fused-ring (bicyclic) bond motifs is 1. The summed E-state index contributed by atoms with van der Waals surface area (Å²) < 4.78 is 0. The Kier molecular flexibility index (Phi) is 5.70. The third-order valence-corrected chi connectivity index (χ3v) is 5.35. The van der Waals surface area contributed by atoms with Crippen molar-refractivity contribution in [1.82, 2.24) is 10.2 Å². The first-order valence-corrected chi connectivity index (χ1v) is 8.63. The average molecular weight is 266 g/mol. The monoisotopic (exact) mass is 266 g/mol. The zero-order chi connectivity index (χ0) is 13.7. The van der Waals surface area contributed by atoms with Gasteiger partial charge in [-0.15, -0.1) is 0 Å². The van der Waals surface area contributed by atoms with Gasteiger partial charge in [0.1, 0.15) is 0 Å². The first kappa shape index (κ1) is 15.3. The molecule has 2 fully saturated rings. The SMILES string of the molecule is CCCC(C)(CNCC)CN1CCCC2CCCC21. The van der Waals surface area contributed by atoms with Crippen LogP contribution in [0.15, 0.2) is 0 Å². The summed E-state index contributed by atoms with van der Waals surface area (Å²) in [4.78, 5) is 2.86. The second-order valence-electron chi connectivity index (χ2n) is 7.21. The Morgan fingerprint density at radius 2 is 1.95 bits per heavy atom. The van der Waals surface area contributed by atoms with E-state index in [1.807, 2.05) is 0 Å². The van der Waals surface area contributed by atoms with Crippen LogP contribution >= 0.6 is 0 Å². The van der Waals surface area contributed by atoms with Crippen molar-refractivity contribution in [3.63, 3.8) is 0 Å². The molecule has 19 heavy (non-hydrogen) atoms. The molecule has 2 aliphatic rings. The number of likely N-dealkylation sites (tertiary alicyclic amines) is 1. The fraction of sp³-hybridized carbons (Fsp3) is 1.00. The third kappa shape index (κ3) is 3.95. The second-order valence-corrected chi connectivity index (χ2v) is 7.21. The summed E-state index contributed by atoms with van der Waals surface area (Å²) >= 11 is 0. The lowest BCUT2D eigenvalue weighted by Crippen LogP contribution is -2.49. The molecule has 1 saturated carbocycles. The van der Waals surface area contributed by atoms with Gasteiger partial charge in [0.15, 0.2) is 0 Å². The summed E-state index contributed by atoms with van der Waals surface area (Å²) in [6.07, 6.45) is 10.0. The molecule has 2 rings (SSSR count). The molecule has 0 aromatic heterocycles. The highest BCUT2D eigenvalue weighted by Gasteiger charge is 2.37. The zero-order valence-electron chi connectivity index (χ0n) is 13.4. The topological polar surface area (TPSA) is 15.3 Å². The van der Waals surface area contributed by atoms with E-state index in [9.17, 15) is 0 Å². The van der Waals surface area contributed by atoms with Gasteiger partial charge in [-0.1, -0.05) is 33.6 Å². The summed E-state index contributed by atoms with van der Waals surface area (Å²) in [6.45, 7) is 12.0. The summed E-state index contributed by atoms with van der Waals surface area (Å²) in [7, 11) is 0. The first-order chi connectivity index (χ1) is 9.18. The molecule has 0 aromatic rings. The van der Waals surface area contributed by atoms with E-state index >= 15 is 0 Å². The van der Waals surface area contributed by atoms with Crippen LogP contribution in [0.5, 0.6) is 0 Å². The average Bonchev–Trinajstić information content (AvgIpc) is 2.86. The standard InChI is InChI=1S/C17H34N2/c1-4-11-17(3,13-18-5-2)14-19-12-7-9-15-8-6-10-16(15)19/h15-16,18H,4-14H2,1-3H3. The van der Waals surface area contributed by atoms with Crippen LogP contribution in [0.25, 0.3) is 0 Å². The number of rotatable bonds is 7. The minimum Gasteiger partial charge on any atom is -0.316 e. The summed E-state index contributed by atoms with van der Waals surface area (Å²) in [5, 5.41) is 3.60. The Morgan fingerprint density at radius 3 is 2.68 bits per heavy atom. The molecule has 0 radical (unpaired) electrons. The fourth-order valence-electron chi connectivity index (χ4n) is 4.50. The fourth-order valence-corrected chi connectivity index (χ4v) is 4.50. The van der Waals surface area contributed by atoms with Gasteiger partial charge in [-0.2, -0.15) is 0 Å². The van der Waals surface area contributed by atoms with Crippen LogP contribution in [0.3, 0.4) is 0 Å². The van der Waals surface area contributed by atoms with Crippen LogP contribution in [0, 0.1) is 11.3 Å². The first-order valence-electron chi connectivity index (χ1n) is 8.63. The Hall–Kier alpha value is -0.0800. The highest BCUT2D eigenvalue weighted by molar-refractivity contribution is 4.92. The smallest absolute Gasteiger partial charge is 0.0124 e. The molecular weight excluding hydrogens is 232 g/mol. The van der Waals surface area contributed by atoms with Crippen molar-refractivity contribution in [2.24, 2.45) is 11.3 Å². The van der Waals surface area contributed by atoms with Crippen molar-refractivity contribution < 1.29 is 0 Å². The number of piperidine rings is 1. The summed E-state index contributed by atoms with van der Waals surface area (Å²) in [6, 6.07) is 0.923. The molecule has 2 heteroatoms. The molecule has 1 aliphatic carbocycles. The maximum atomic E-state index is 3.60. The van der Waals surface area contributed by atoms with Gasteiger partial charge in [-0.25, -0.2) is 0 Å². The maximum absolute atomic E-state index is 3.60. The Morgan fingerprint density at radius 1 is 1.16 bits per heavy atom. The molecule has 1 N–H and O–H groups in total. The van der Waals surface area contributed by atoms with E-state index in [4.69, 9.17) is 0 Å². The van der Waals surface area contributed by atoms with Gasteiger partial charge in [0.2, 0.25) is 0 Å². The minimum absolute atomic E-state index is 0.467. The van der Waals surface area contributed by atoms with Gasteiger partial charge < -0.3 is 5.32 Å². The molecule has 0 spiro atoms. The van der Waals surface area contributed by atoms with Crippen molar-refractivity contribution in [2.75, 3.05) is 26.2 Å². The van der Waals surface area contributed by atoms with E-state index in [0.717, 1.165) is 18.5 Å². The van der Waals surface area contributed by atoms with Gasteiger partial charge >= 0.3 is 0 Å². The molecular formula is C17H34N2. The van der Waals surface area contributed by atoms with Crippen molar-refractivity contribution >= 4 is 0 Å². The summed E-state index contributed by atoms with van der Waals surface area (Å²) in [5.74, 6) is 1.03. The number of hydrogen-bond acceptors (Lipinski definition) is 2. The molecule has 3 atom stereocenters. The van der Waals surface area contributed by atoms with Gasteiger partial charge in [-0.05, 0) is 56.5 Å². The number of nitrogens with zero attached hydrogens (tertiary/aromatic N) is 1. The zero-order valence-corrected chi connectivity index (χ0v) is 13.4. The van der Waals surface area contributed by atoms with E-state index in [1.54, 1.807) is 0 Å². The third-order valence-electron chi connectivity index (χ3n) is 5.35. The molecule has 2 nitrogen and oxygen atoms in total. The lowest BCUT2D eigenvalue weighted by atomic mass is 9.82. The van der Waals surface area contributed by atoms with Gasteiger partial charge in [-0.3, -0.25) is 4.90 Å². The van der Waals surface area contributed by atoms with Crippen LogP contribution in [0.4, 0.5) is 0 Å². The molecule has 1 heterocycles. The van der Waals surface area contributed by atoms with E-state index in [1.165, 1.54) is 64.6 Å². The minimum atomic E-state index is 0.467. The van der Waals surface area contributed by atoms with Gasteiger partial charge in [0.05, 0.1) is 0 Å². The van der Waals surface area contributed by atoms with Crippen LogP contribution in [0.2, 0.25) is 0 Å². The lowest BCUT2D eigenvalue weighted by Gasteiger charge is -2.43. The van der Waals surface area contributed by atoms with Crippen molar-refractivity contribution in [3.8, 4) is 0 Å². The van der Waals surface area contributed by atoms with Crippen molar-refractivity contribution in [2.45, 2.75) is 71.8 Å². The highest BCUT2D eigenvalue weighted by atomic mass is 15.2. The van der Waals surface area contributed by atoms with E-state index in [-0.39, 0.29) is 0 Å². The quantitative estimate of drug-likeness (QED) is 0.756. The molecule has 1 saturated heterocycles. The predicted octanol–water partition coefficient (Wildman–Crippen LogP) is 3.67. The number of nitrogens with one attached hydrogen (secondary N) is 1. The molecule has 0 bridgehead atoms. The van der Waals surface area contributed by atoms with Gasteiger partial charge in [0.25, 0.3) is 0 Å². The van der Waals surface area contributed by atoms with Crippen molar-refractivity contribution in [3.05, 3.63) is 0 Å². The summed E-state index contributed by atoms with van der Waals surface area (Å²) in [5.41, 5.74) is 0.467. The Bertz CT molecular complexity index is 266. The molecule has 3 unspecified atom stereocenters. The number of hydrogen-bond donors (Lipinski definition) is 1. The van der Waals surface area contributed by atoms with Gasteiger partial charge in [0, 0.05) is 19.1 Å². The Balaban J connectivity index is 1.95. The predicted molar refractivity (Wildman–Crippen MR) is 83.5 cm³/mol. The Labute approximate surface area is 120 Å². The largest absolute Gasteiger partial charge is 0.316 e. The van der Waals surface area contributed by atoms with Crippen LogP contribution in [0.1, 0.15) is 65.7 Å².